The number of H-pyrrole nitrogens is 1. The predicted octanol–water partition coefficient (Wildman–Crippen LogP) is 1.88. The average molecular weight is 280 g/mol. The average Bonchev–Trinajstić information content (AvgIpc) is 2.88. The van der Waals surface area contributed by atoms with Crippen LogP contribution in [0.4, 0.5) is 11.5 Å². The molecule has 3 N–H and O–H groups in total. The molecule has 0 radical (unpaired) electrons. The lowest BCUT2D eigenvalue weighted by Crippen LogP contribution is -2.14. The summed E-state index contributed by atoms with van der Waals surface area (Å²) in [6.45, 7) is 1.60. The van der Waals surface area contributed by atoms with Crippen molar-refractivity contribution in [2.75, 3.05) is 22.8 Å². The molecule has 0 bridgehead atoms. The van der Waals surface area contributed by atoms with Gasteiger partial charge < -0.3 is 5.32 Å². The van der Waals surface area contributed by atoms with E-state index in [2.05, 4.69) is 20.2 Å². The Kier molecular flexibility index (Phi) is 3.75. The van der Waals surface area contributed by atoms with Gasteiger partial charge >= 0.3 is 0 Å². The third kappa shape index (κ3) is 3.25. The van der Waals surface area contributed by atoms with Crippen LogP contribution >= 0.6 is 0 Å². The number of benzene rings is 1. The first-order valence-electron chi connectivity index (χ1n) is 5.88. The van der Waals surface area contributed by atoms with Gasteiger partial charge in [0.2, 0.25) is 10.0 Å². The largest absolute Gasteiger partial charge is 0.372 e. The fraction of sp³-hybridized carbons (Fsp3) is 0.250. The lowest BCUT2D eigenvalue weighted by molar-refractivity contribution is 0.602. The number of aromatic amines is 1. The maximum Gasteiger partial charge on any atom is 0.232 e. The molecule has 0 saturated heterocycles. The molecule has 7 heteroatoms. The van der Waals surface area contributed by atoms with Crippen molar-refractivity contribution in [3.63, 3.8) is 0 Å². The number of hydrogen-bond acceptors (Lipinski definition) is 4. The Morgan fingerprint density at radius 1 is 1.26 bits per heavy atom. The molecule has 0 fully saturated rings. The van der Waals surface area contributed by atoms with Crippen LogP contribution in [0.1, 0.15) is 6.92 Å². The number of aromatic nitrogens is 2. The maximum absolute atomic E-state index is 11.4. The van der Waals surface area contributed by atoms with Gasteiger partial charge in [-0.2, -0.15) is 5.10 Å². The van der Waals surface area contributed by atoms with E-state index in [0.717, 1.165) is 17.1 Å². The highest BCUT2D eigenvalue weighted by Crippen LogP contribution is 2.21. The highest BCUT2D eigenvalue weighted by molar-refractivity contribution is 7.92. The molecular formula is C12H16N4O2S. The van der Waals surface area contributed by atoms with E-state index in [4.69, 9.17) is 0 Å². The maximum atomic E-state index is 11.4. The van der Waals surface area contributed by atoms with Crippen LogP contribution in [-0.2, 0) is 10.0 Å². The number of nitrogens with one attached hydrogen (secondary N) is 3. The molecule has 0 aliphatic heterocycles. The van der Waals surface area contributed by atoms with Gasteiger partial charge in [0.1, 0.15) is 5.82 Å². The van der Waals surface area contributed by atoms with E-state index in [-0.39, 0.29) is 5.75 Å². The van der Waals surface area contributed by atoms with Crippen molar-refractivity contribution in [3.05, 3.63) is 30.3 Å². The molecule has 0 spiro atoms. The molecule has 0 saturated carbocycles. The Morgan fingerprint density at radius 2 is 1.95 bits per heavy atom. The smallest absolute Gasteiger partial charge is 0.232 e. The fourth-order valence-corrected chi connectivity index (χ4v) is 2.21. The Balaban J connectivity index is 2.19. The van der Waals surface area contributed by atoms with E-state index in [1.54, 1.807) is 26.1 Å². The first-order chi connectivity index (χ1) is 9.04. The molecule has 2 aromatic rings. The van der Waals surface area contributed by atoms with Gasteiger partial charge in [-0.25, -0.2) is 8.42 Å². The molecule has 0 amide bonds. The van der Waals surface area contributed by atoms with Gasteiger partial charge in [0, 0.05) is 18.8 Å². The van der Waals surface area contributed by atoms with Crippen LogP contribution in [0, 0.1) is 0 Å². The van der Waals surface area contributed by atoms with E-state index >= 15 is 0 Å². The minimum absolute atomic E-state index is 0.0564. The second-order valence-electron chi connectivity index (χ2n) is 4.00. The molecule has 6 nitrogen and oxygen atoms in total. The van der Waals surface area contributed by atoms with Gasteiger partial charge in [0.25, 0.3) is 0 Å². The normalized spacial score (nSPS) is 11.3. The zero-order valence-electron chi connectivity index (χ0n) is 10.8. The molecule has 0 atom stereocenters. The molecule has 1 heterocycles. The van der Waals surface area contributed by atoms with Crippen LogP contribution in [-0.4, -0.2) is 31.4 Å². The SMILES string of the molecule is CCS(=O)(=O)Nc1ccc(-c2cc(NC)n[nH]2)cc1. The van der Waals surface area contributed by atoms with E-state index < -0.39 is 10.0 Å². The summed E-state index contributed by atoms with van der Waals surface area (Å²) in [5.74, 6) is 0.812. The number of rotatable bonds is 5. The molecule has 19 heavy (non-hydrogen) atoms. The summed E-state index contributed by atoms with van der Waals surface area (Å²) >= 11 is 0. The first kappa shape index (κ1) is 13.4. The van der Waals surface area contributed by atoms with Crippen molar-refractivity contribution < 1.29 is 8.42 Å². The minimum Gasteiger partial charge on any atom is -0.372 e. The van der Waals surface area contributed by atoms with Crippen LogP contribution < -0.4 is 10.0 Å². The van der Waals surface area contributed by atoms with Crippen molar-refractivity contribution in [1.82, 2.24) is 10.2 Å². The van der Waals surface area contributed by atoms with E-state index in [1.807, 2.05) is 18.2 Å². The third-order valence-electron chi connectivity index (χ3n) is 2.68. The summed E-state index contributed by atoms with van der Waals surface area (Å²) in [6.07, 6.45) is 0. The number of anilines is 2. The van der Waals surface area contributed by atoms with Crippen LogP contribution in [0.15, 0.2) is 30.3 Å². The van der Waals surface area contributed by atoms with Crippen molar-refractivity contribution in [2.24, 2.45) is 0 Å². The van der Waals surface area contributed by atoms with E-state index in [9.17, 15) is 8.42 Å². The lowest BCUT2D eigenvalue weighted by Gasteiger charge is -2.06. The third-order valence-corrected chi connectivity index (χ3v) is 3.99. The van der Waals surface area contributed by atoms with Crippen molar-refractivity contribution >= 4 is 21.5 Å². The van der Waals surface area contributed by atoms with Crippen LogP contribution in [0.3, 0.4) is 0 Å². The predicted molar refractivity (Wildman–Crippen MR) is 76.7 cm³/mol. The van der Waals surface area contributed by atoms with Gasteiger partial charge in [-0.1, -0.05) is 12.1 Å². The standard InChI is InChI=1S/C12H16N4O2S/c1-3-19(17,18)16-10-6-4-9(5-7-10)11-8-12(13-2)15-14-11/h4-8,16H,3H2,1-2H3,(H2,13,14,15). The molecule has 0 unspecified atom stereocenters. The second kappa shape index (κ2) is 5.31. The van der Waals surface area contributed by atoms with Crippen LogP contribution in [0.5, 0.6) is 0 Å². The van der Waals surface area contributed by atoms with E-state index in [1.165, 1.54) is 0 Å². The number of sulfonamides is 1. The summed E-state index contributed by atoms with van der Waals surface area (Å²) in [6, 6.07) is 9.00. The molecule has 2 rings (SSSR count). The van der Waals surface area contributed by atoms with E-state index in [0.29, 0.717) is 5.69 Å². The highest BCUT2D eigenvalue weighted by atomic mass is 32.2. The van der Waals surface area contributed by atoms with Crippen molar-refractivity contribution in [3.8, 4) is 11.3 Å². The molecule has 0 aliphatic carbocycles. The summed E-state index contributed by atoms with van der Waals surface area (Å²) in [4.78, 5) is 0. The van der Waals surface area contributed by atoms with Gasteiger partial charge in [-0.05, 0) is 24.6 Å². The molecule has 102 valence electrons. The topological polar surface area (TPSA) is 86.9 Å². The molecule has 1 aromatic heterocycles. The lowest BCUT2D eigenvalue weighted by atomic mass is 10.1. The van der Waals surface area contributed by atoms with Crippen LogP contribution in [0.2, 0.25) is 0 Å². The fourth-order valence-electron chi connectivity index (χ4n) is 1.57. The Morgan fingerprint density at radius 3 is 2.47 bits per heavy atom. The Bertz CT molecular complexity index is 647. The highest BCUT2D eigenvalue weighted by Gasteiger charge is 2.07. The zero-order chi connectivity index (χ0) is 13.9. The summed E-state index contributed by atoms with van der Waals surface area (Å²) < 4.78 is 25.4. The molecular weight excluding hydrogens is 264 g/mol. The quantitative estimate of drug-likeness (QED) is 0.780. The number of hydrogen-bond donors (Lipinski definition) is 3. The summed E-state index contributed by atoms with van der Waals surface area (Å²) in [7, 11) is -1.44. The summed E-state index contributed by atoms with van der Waals surface area (Å²) in [5.41, 5.74) is 2.36. The second-order valence-corrected chi connectivity index (χ2v) is 6.01. The first-order valence-corrected chi connectivity index (χ1v) is 7.53. The summed E-state index contributed by atoms with van der Waals surface area (Å²) in [5, 5.41) is 9.89. The van der Waals surface area contributed by atoms with Gasteiger partial charge in [0.05, 0.1) is 11.4 Å². The van der Waals surface area contributed by atoms with Gasteiger partial charge in [-0.15, -0.1) is 0 Å². The van der Waals surface area contributed by atoms with Gasteiger partial charge in [0.15, 0.2) is 0 Å². The monoisotopic (exact) mass is 280 g/mol. The number of nitrogens with zero attached hydrogens (tertiary/aromatic N) is 1. The van der Waals surface area contributed by atoms with Gasteiger partial charge in [-0.3, -0.25) is 9.82 Å². The Labute approximate surface area is 112 Å². The van der Waals surface area contributed by atoms with Crippen LogP contribution in [0.25, 0.3) is 11.3 Å². The zero-order valence-corrected chi connectivity index (χ0v) is 11.6. The van der Waals surface area contributed by atoms with Crippen molar-refractivity contribution in [1.29, 1.82) is 0 Å². The Hall–Kier alpha value is -2.02. The van der Waals surface area contributed by atoms with Crippen molar-refractivity contribution in [2.45, 2.75) is 6.92 Å². The molecule has 0 aliphatic rings. The molecule has 1 aromatic carbocycles. The minimum atomic E-state index is -3.23.